The highest BCUT2D eigenvalue weighted by atomic mass is 16.6. The van der Waals surface area contributed by atoms with Crippen molar-refractivity contribution in [3.8, 4) is 11.8 Å². The second-order valence-electron chi connectivity index (χ2n) is 6.96. The first-order valence-electron chi connectivity index (χ1n) is 8.66. The minimum atomic E-state index is -0.389. The molecule has 0 aliphatic carbocycles. The van der Waals surface area contributed by atoms with Gasteiger partial charge in [0.05, 0.1) is 5.92 Å². The number of rotatable bonds is 10. The van der Waals surface area contributed by atoms with Gasteiger partial charge in [0.2, 0.25) is 0 Å². The van der Waals surface area contributed by atoms with Crippen molar-refractivity contribution in [1.82, 2.24) is 5.32 Å². The fourth-order valence-corrected chi connectivity index (χ4v) is 2.25. The first-order valence-corrected chi connectivity index (χ1v) is 8.66. The van der Waals surface area contributed by atoms with Gasteiger partial charge in [-0.25, -0.2) is 0 Å². The third-order valence-electron chi connectivity index (χ3n) is 3.58. The minimum Gasteiger partial charge on any atom is -0.460 e. The van der Waals surface area contributed by atoms with Gasteiger partial charge in [0.25, 0.3) is 0 Å². The van der Waals surface area contributed by atoms with Gasteiger partial charge >= 0.3 is 5.97 Å². The molecule has 22 heavy (non-hydrogen) atoms. The molecule has 0 bridgehead atoms. The Bertz CT molecular complexity index is 360. The van der Waals surface area contributed by atoms with Gasteiger partial charge in [0.15, 0.2) is 0 Å². The van der Waals surface area contributed by atoms with E-state index < -0.39 is 0 Å². The van der Waals surface area contributed by atoms with E-state index in [1.54, 1.807) is 0 Å². The molecule has 0 saturated carbocycles. The summed E-state index contributed by atoms with van der Waals surface area (Å²) in [6.45, 7) is 12.8. The lowest BCUT2D eigenvalue weighted by molar-refractivity contribution is -0.159. The average Bonchev–Trinajstić information content (AvgIpc) is 2.43. The normalized spacial score (nSPS) is 13.9. The third kappa shape index (κ3) is 11.6. The summed E-state index contributed by atoms with van der Waals surface area (Å²) in [7, 11) is 0. The van der Waals surface area contributed by atoms with Crippen LogP contribution in [0.5, 0.6) is 0 Å². The van der Waals surface area contributed by atoms with Crippen molar-refractivity contribution in [1.29, 1.82) is 0 Å². The monoisotopic (exact) mass is 309 g/mol. The van der Waals surface area contributed by atoms with Crippen molar-refractivity contribution in [3.63, 3.8) is 0 Å². The summed E-state index contributed by atoms with van der Waals surface area (Å²) in [5.41, 5.74) is -0.389. The summed E-state index contributed by atoms with van der Waals surface area (Å²) in [6, 6.07) is 0.542. The van der Waals surface area contributed by atoms with Crippen LogP contribution in [0.1, 0.15) is 80.1 Å². The molecule has 0 rings (SSSR count). The Labute approximate surface area is 137 Å². The molecule has 2 atom stereocenters. The molecule has 0 aromatic rings. The lowest BCUT2D eigenvalue weighted by atomic mass is 10.00. The van der Waals surface area contributed by atoms with Crippen molar-refractivity contribution in [2.45, 2.75) is 91.7 Å². The largest absolute Gasteiger partial charge is 0.460 e. The van der Waals surface area contributed by atoms with Gasteiger partial charge in [0.1, 0.15) is 5.60 Å². The summed E-state index contributed by atoms with van der Waals surface area (Å²) in [5, 5.41) is 3.59. The van der Waals surface area contributed by atoms with Crippen LogP contribution in [0, 0.1) is 17.8 Å². The third-order valence-corrected chi connectivity index (χ3v) is 3.58. The quantitative estimate of drug-likeness (QED) is 0.371. The first-order chi connectivity index (χ1) is 10.3. The van der Waals surface area contributed by atoms with Crippen LogP contribution in [0.3, 0.4) is 0 Å². The molecule has 0 aliphatic rings. The molecular formula is C19H35NO2. The number of esters is 1. The fourth-order valence-electron chi connectivity index (χ4n) is 2.25. The first kappa shape index (κ1) is 21.0. The molecule has 0 saturated heterocycles. The van der Waals surface area contributed by atoms with E-state index in [0.29, 0.717) is 6.04 Å². The summed E-state index contributed by atoms with van der Waals surface area (Å²) >= 11 is 0. The zero-order valence-electron chi connectivity index (χ0n) is 15.4. The van der Waals surface area contributed by atoms with Crippen molar-refractivity contribution in [2.24, 2.45) is 5.92 Å². The number of unbranched alkanes of at least 4 members (excludes halogenated alkanes) is 1. The minimum absolute atomic E-state index is 0.0171. The van der Waals surface area contributed by atoms with Crippen LogP contribution in [-0.2, 0) is 9.53 Å². The summed E-state index contributed by atoms with van der Waals surface area (Å²) in [5.74, 6) is 5.92. The van der Waals surface area contributed by atoms with Crippen LogP contribution in [0.4, 0.5) is 0 Å². The molecule has 3 heteroatoms. The number of nitrogens with one attached hydrogen (secondary N) is 1. The maximum atomic E-state index is 11.9. The molecule has 0 spiro atoms. The molecule has 0 fully saturated rings. The van der Waals surface area contributed by atoms with E-state index in [1.807, 2.05) is 34.6 Å². The molecule has 0 aromatic carbocycles. The summed E-state index contributed by atoms with van der Waals surface area (Å²) in [6.07, 6.45) is 6.26. The zero-order chi connectivity index (χ0) is 17.0. The van der Waals surface area contributed by atoms with Gasteiger partial charge in [0, 0.05) is 12.5 Å². The molecular weight excluding hydrogens is 274 g/mol. The molecule has 0 aliphatic heterocycles. The van der Waals surface area contributed by atoms with E-state index in [9.17, 15) is 4.79 Å². The van der Waals surface area contributed by atoms with E-state index in [2.05, 4.69) is 24.1 Å². The van der Waals surface area contributed by atoms with E-state index in [0.717, 1.165) is 45.1 Å². The van der Waals surface area contributed by atoms with Crippen molar-refractivity contribution >= 4 is 5.97 Å². The standard InChI is InChI=1S/C19H35NO2/c1-7-9-10-11-15-20-17(8-2)14-12-13-16(3)18(21)22-19(4,5)6/h16-17,20H,8,10-15H2,1-6H3/t16?,17-/m1/s1. The topological polar surface area (TPSA) is 38.3 Å². The van der Waals surface area contributed by atoms with Crippen LogP contribution in [0.15, 0.2) is 0 Å². The lowest BCUT2D eigenvalue weighted by Crippen LogP contribution is -2.30. The number of carbonyl (C=O) groups excluding carboxylic acids is 1. The molecule has 128 valence electrons. The van der Waals surface area contributed by atoms with Crippen LogP contribution < -0.4 is 5.32 Å². The average molecular weight is 309 g/mol. The van der Waals surface area contributed by atoms with Crippen molar-refractivity contribution in [2.75, 3.05) is 6.54 Å². The van der Waals surface area contributed by atoms with Crippen LogP contribution in [-0.4, -0.2) is 24.2 Å². The van der Waals surface area contributed by atoms with Crippen LogP contribution >= 0.6 is 0 Å². The maximum absolute atomic E-state index is 11.9. The Balaban J connectivity index is 3.88. The number of carbonyl (C=O) groups is 1. The van der Waals surface area contributed by atoms with Crippen LogP contribution in [0.2, 0.25) is 0 Å². The maximum Gasteiger partial charge on any atom is 0.309 e. The van der Waals surface area contributed by atoms with E-state index in [1.165, 1.54) is 0 Å². The second kappa shape index (κ2) is 11.5. The number of ether oxygens (including phenoxy) is 1. The van der Waals surface area contributed by atoms with E-state index >= 15 is 0 Å². The number of hydrogen-bond donors (Lipinski definition) is 1. The summed E-state index contributed by atoms with van der Waals surface area (Å²) < 4.78 is 5.42. The van der Waals surface area contributed by atoms with Crippen LogP contribution in [0.25, 0.3) is 0 Å². The molecule has 3 nitrogen and oxygen atoms in total. The highest BCUT2D eigenvalue weighted by Gasteiger charge is 2.21. The zero-order valence-corrected chi connectivity index (χ0v) is 15.4. The summed E-state index contributed by atoms with van der Waals surface area (Å²) in [4.78, 5) is 11.9. The Hall–Kier alpha value is -1.01. The molecule has 0 radical (unpaired) electrons. The van der Waals surface area contributed by atoms with Gasteiger partial charge in [-0.15, -0.1) is 11.8 Å². The van der Waals surface area contributed by atoms with Gasteiger partial charge in [-0.3, -0.25) is 4.79 Å². The Kier molecular flexibility index (Phi) is 11.0. The molecule has 0 amide bonds. The highest BCUT2D eigenvalue weighted by Crippen LogP contribution is 2.16. The van der Waals surface area contributed by atoms with Gasteiger partial charge in [-0.05, 0) is 59.9 Å². The predicted octanol–water partition coefficient (Wildman–Crippen LogP) is 4.31. The highest BCUT2D eigenvalue weighted by molar-refractivity contribution is 5.72. The second-order valence-corrected chi connectivity index (χ2v) is 6.96. The van der Waals surface area contributed by atoms with Gasteiger partial charge in [-0.2, -0.15) is 0 Å². The molecule has 1 unspecified atom stereocenters. The van der Waals surface area contributed by atoms with Gasteiger partial charge in [-0.1, -0.05) is 20.3 Å². The Morgan fingerprint density at radius 1 is 1.23 bits per heavy atom. The Morgan fingerprint density at radius 3 is 2.45 bits per heavy atom. The number of hydrogen-bond acceptors (Lipinski definition) is 3. The van der Waals surface area contributed by atoms with Crippen molar-refractivity contribution in [3.05, 3.63) is 0 Å². The van der Waals surface area contributed by atoms with Gasteiger partial charge < -0.3 is 10.1 Å². The lowest BCUT2D eigenvalue weighted by Gasteiger charge is -2.23. The smallest absolute Gasteiger partial charge is 0.309 e. The molecule has 1 N–H and O–H groups in total. The van der Waals surface area contributed by atoms with E-state index in [-0.39, 0.29) is 17.5 Å². The van der Waals surface area contributed by atoms with E-state index in [4.69, 9.17) is 4.74 Å². The van der Waals surface area contributed by atoms with Crippen molar-refractivity contribution < 1.29 is 9.53 Å². The SMILES string of the molecule is CC#CCCCN[C@H](CC)CCCC(C)C(=O)OC(C)(C)C. The fraction of sp³-hybridized carbons (Fsp3) is 0.842. The Morgan fingerprint density at radius 2 is 1.91 bits per heavy atom. The molecule has 0 heterocycles. The predicted molar refractivity (Wildman–Crippen MR) is 93.6 cm³/mol. The molecule has 0 aromatic heterocycles.